The average molecular weight is 509 g/mol. The van der Waals surface area contributed by atoms with Gasteiger partial charge >= 0.3 is 11.9 Å². The van der Waals surface area contributed by atoms with Gasteiger partial charge in [-0.15, -0.1) is 0 Å². The van der Waals surface area contributed by atoms with E-state index in [1.54, 1.807) is 19.1 Å². The fourth-order valence-electron chi connectivity index (χ4n) is 7.87. The molecule has 0 amide bonds. The number of fused-ring (bicyclic) bond motifs is 3. The van der Waals surface area contributed by atoms with Gasteiger partial charge in [0.25, 0.3) is 0 Å². The van der Waals surface area contributed by atoms with Crippen LogP contribution in [0.15, 0.2) is 58.7 Å². The van der Waals surface area contributed by atoms with E-state index in [1.807, 2.05) is 38.2 Å². The van der Waals surface area contributed by atoms with Gasteiger partial charge < -0.3 is 9.84 Å². The smallest absolute Gasteiger partial charge is 0.331 e. The molecule has 0 aromatic heterocycles. The fourth-order valence-corrected chi connectivity index (χ4v) is 7.87. The Morgan fingerprint density at radius 3 is 2.19 bits per heavy atom. The molecular weight excluding hydrogens is 464 g/mol. The Bertz CT molecular complexity index is 1110. The summed E-state index contributed by atoms with van der Waals surface area (Å²) in [5.74, 6) is -0.184. The van der Waals surface area contributed by atoms with E-state index in [4.69, 9.17) is 9.84 Å². The van der Waals surface area contributed by atoms with Gasteiger partial charge in [0.15, 0.2) is 5.78 Å². The van der Waals surface area contributed by atoms with Crippen LogP contribution in [0.25, 0.3) is 0 Å². The van der Waals surface area contributed by atoms with E-state index in [9.17, 15) is 14.4 Å². The van der Waals surface area contributed by atoms with Crippen LogP contribution < -0.4 is 0 Å². The Morgan fingerprint density at radius 2 is 1.57 bits per heavy atom. The highest BCUT2D eigenvalue weighted by Crippen LogP contribution is 2.69. The van der Waals surface area contributed by atoms with E-state index < -0.39 is 5.97 Å². The molecule has 1 N–H and O–H groups in total. The second kappa shape index (κ2) is 10.6. The summed E-state index contributed by atoms with van der Waals surface area (Å²) in [6, 6.07) is 0. The zero-order valence-corrected chi connectivity index (χ0v) is 23.8. The number of hydrogen-bond donors (Lipinski definition) is 1. The Labute approximate surface area is 222 Å². The third-order valence-corrected chi connectivity index (χ3v) is 9.68. The predicted molar refractivity (Wildman–Crippen MR) is 147 cm³/mol. The minimum Gasteiger partial charge on any atom is -0.478 e. The highest BCUT2D eigenvalue weighted by Gasteiger charge is 2.65. The van der Waals surface area contributed by atoms with Crippen LogP contribution in [-0.2, 0) is 19.1 Å². The molecule has 3 saturated carbocycles. The van der Waals surface area contributed by atoms with Crippen molar-refractivity contribution in [3.8, 4) is 0 Å². The number of ether oxygens (including phenoxy) is 1. The van der Waals surface area contributed by atoms with Crippen LogP contribution in [0.2, 0.25) is 0 Å². The van der Waals surface area contributed by atoms with E-state index >= 15 is 0 Å². The molecule has 0 saturated heterocycles. The summed E-state index contributed by atoms with van der Waals surface area (Å²) in [6.45, 7) is 16.2. The van der Waals surface area contributed by atoms with E-state index in [2.05, 4.69) is 27.7 Å². The van der Waals surface area contributed by atoms with Crippen molar-refractivity contribution in [1.82, 2.24) is 0 Å². The Balaban J connectivity index is 1.85. The van der Waals surface area contributed by atoms with Crippen molar-refractivity contribution in [3.63, 3.8) is 0 Å². The van der Waals surface area contributed by atoms with Crippen LogP contribution in [0.5, 0.6) is 0 Å². The summed E-state index contributed by atoms with van der Waals surface area (Å²) in [4.78, 5) is 36.1. The summed E-state index contributed by atoms with van der Waals surface area (Å²) in [5, 5.41) is 8.95. The maximum absolute atomic E-state index is 13.5. The zero-order valence-electron chi connectivity index (χ0n) is 23.8. The summed E-state index contributed by atoms with van der Waals surface area (Å²) in [5.41, 5.74) is 3.03. The minimum absolute atomic E-state index is 0.0252. The van der Waals surface area contributed by atoms with Crippen molar-refractivity contribution in [2.24, 2.45) is 28.1 Å². The predicted octanol–water partition coefficient (Wildman–Crippen LogP) is 7.16. The molecule has 0 aromatic rings. The molecule has 0 aromatic carbocycles. The Hall–Kier alpha value is -2.69. The van der Waals surface area contributed by atoms with Crippen LogP contribution in [0.1, 0.15) is 87.5 Å². The van der Waals surface area contributed by atoms with Crippen molar-refractivity contribution in [2.75, 3.05) is 0 Å². The number of carboxylic acid groups (broad SMARTS) is 1. The van der Waals surface area contributed by atoms with Crippen LogP contribution >= 0.6 is 0 Å². The topological polar surface area (TPSA) is 80.7 Å². The van der Waals surface area contributed by atoms with Gasteiger partial charge in [-0.25, -0.2) is 4.79 Å². The molecule has 3 aliphatic carbocycles. The number of aliphatic carboxylic acids is 1. The normalized spacial score (nSPS) is 35.5. The van der Waals surface area contributed by atoms with Gasteiger partial charge in [-0.05, 0) is 69.3 Å². The lowest BCUT2D eigenvalue weighted by Gasteiger charge is -2.62. The van der Waals surface area contributed by atoms with E-state index in [0.717, 1.165) is 42.4 Å². The molecule has 202 valence electrons. The molecule has 0 bridgehead atoms. The first-order valence-electron chi connectivity index (χ1n) is 13.5. The summed E-state index contributed by atoms with van der Waals surface area (Å²) < 4.78 is 5.76. The number of esters is 1. The van der Waals surface area contributed by atoms with Crippen molar-refractivity contribution >= 4 is 17.7 Å². The highest BCUT2D eigenvalue weighted by molar-refractivity contribution is 6.00. The molecule has 0 heterocycles. The number of carboxylic acids is 1. The number of ketones is 1. The van der Waals surface area contributed by atoms with Gasteiger partial charge in [0.1, 0.15) is 6.10 Å². The summed E-state index contributed by atoms with van der Waals surface area (Å²) in [7, 11) is 0. The van der Waals surface area contributed by atoms with Crippen molar-refractivity contribution in [1.29, 1.82) is 0 Å². The maximum atomic E-state index is 13.5. The molecule has 3 fully saturated rings. The van der Waals surface area contributed by atoms with E-state index in [1.165, 1.54) is 6.92 Å². The Kier molecular flexibility index (Phi) is 8.26. The van der Waals surface area contributed by atoms with E-state index in [0.29, 0.717) is 12.3 Å². The summed E-state index contributed by atoms with van der Waals surface area (Å²) in [6.07, 6.45) is 15.5. The van der Waals surface area contributed by atoms with Gasteiger partial charge in [0, 0.05) is 35.3 Å². The molecule has 37 heavy (non-hydrogen) atoms. The van der Waals surface area contributed by atoms with Gasteiger partial charge in [-0.1, -0.05) is 69.7 Å². The first kappa shape index (κ1) is 28.9. The minimum atomic E-state index is -0.926. The molecule has 0 aliphatic heterocycles. The number of hydrogen-bond acceptors (Lipinski definition) is 4. The van der Waals surface area contributed by atoms with E-state index in [-0.39, 0.29) is 45.6 Å². The molecular formula is C32H44O5. The first-order chi connectivity index (χ1) is 17.1. The second-order valence-electron chi connectivity index (χ2n) is 12.5. The number of carbonyl (C=O) groups is 3. The third-order valence-electron chi connectivity index (χ3n) is 9.68. The number of allylic oxidation sites excluding steroid dienone is 9. The lowest BCUT2D eigenvalue weighted by Crippen LogP contribution is -2.58. The molecule has 0 spiro atoms. The quantitative estimate of drug-likeness (QED) is 0.234. The van der Waals surface area contributed by atoms with Gasteiger partial charge in [-0.2, -0.15) is 0 Å². The molecule has 5 heteroatoms. The number of Topliss-reactive ketones (excluding diaryl/α,β-unsaturated/α-hetero) is 1. The van der Waals surface area contributed by atoms with Gasteiger partial charge in [0.2, 0.25) is 0 Å². The van der Waals surface area contributed by atoms with Crippen LogP contribution in [0, 0.1) is 28.1 Å². The highest BCUT2D eigenvalue weighted by atomic mass is 16.5. The standard InChI is InChI=1S/C32H44O5/c1-20(12-10-14-22(3)29(35)36)11-9-13-21(2)28-24(34)19-26-31(7)18-16-27(37-23(4)33)30(5,6)25(31)15-17-32(26,28)8/h9-14,25-27H,15-19H2,1-8H3,(H,35,36)/b12-10+,13-9+,20-11+,22-14-,28-21+/t25-,26-,27-,31-,32-/m0/s1. The van der Waals surface area contributed by atoms with Crippen LogP contribution in [0.3, 0.4) is 0 Å². The third kappa shape index (κ3) is 5.46. The monoisotopic (exact) mass is 508 g/mol. The second-order valence-corrected chi connectivity index (χ2v) is 12.5. The lowest BCUT2D eigenvalue weighted by atomic mass is 9.43. The number of rotatable bonds is 6. The molecule has 3 rings (SSSR count). The molecule has 5 atom stereocenters. The van der Waals surface area contributed by atoms with Gasteiger partial charge in [-0.3, -0.25) is 9.59 Å². The van der Waals surface area contributed by atoms with Crippen molar-refractivity contribution in [2.45, 2.75) is 93.6 Å². The largest absolute Gasteiger partial charge is 0.478 e. The SMILES string of the molecule is CC(=O)O[C@H]1CC[C@@]2(C)[C@@H](CC[C@]3(C)/C(=C(C)/C=C/C=C(C)/C=C/C=C(/C)C(=O)O)C(=O)C[C@@H]23)C1(C)C. The Morgan fingerprint density at radius 1 is 0.919 bits per heavy atom. The number of carbonyl (C=O) groups excluding carboxylic acids is 2. The van der Waals surface area contributed by atoms with Gasteiger partial charge in [0.05, 0.1) is 0 Å². The average Bonchev–Trinajstić information content (AvgIpc) is 3.06. The zero-order chi connectivity index (χ0) is 27.8. The maximum Gasteiger partial charge on any atom is 0.331 e. The van der Waals surface area contributed by atoms with Crippen molar-refractivity contribution in [3.05, 3.63) is 58.7 Å². The molecule has 0 radical (unpaired) electrons. The van der Waals surface area contributed by atoms with Crippen molar-refractivity contribution < 1.29 is 24.2 Å². The van der Waals surface area contributed by atoms with Crippen LogP contribution in [0.4, 0.5) is 0 Å². The molecule has 0 unspecified atom stereocenters. The lowest BCUT2D eigenvalue weighted by molar-refractivity contribution is -0.185. The van der Waals surface area contributed by atoms with Crippen LogP contribution in [-0.4, -0.2) is 28.9 Å². The molecule has 3 aliphatic rings. The first-order valence-corrected chi connectivity index (χ1v) is 13.5. The fraction of sp³-hybridized carbons (Fsp3) is 0.594. The summed E-state index contributed by atoms with van der Waals surface area (Å²) >= 11 is 0. The molecule has 5 nitrogen and oxygen atoms in total.